The van der Waals surface area contributed by atoms with Crippen LogP contribution in [0, 0.1) is 0 Å². The number of hydrogen-bond donors (Lipinski definition) is 3. The van der Waals surface area contributed by atoms with Gasteiger partial charge in [0.2, 0.25) is 0 Å². The molecule has 0 saturated heterocycles. The molecule has 1 atom stereocenters. The zero-order valence-electron chi connectivity index (χ0n) is 13.7. The summed E-state index contributed by atoms with van der Waals surface area (Å²) in [4.78, 5) is 15.4. The SMILES string of the molecule is COc1ccc2cc(C(=O)NCc3ccc([C@@H](C)O)cc3)[nH]c2c1. The van der Waals surface area contributed by atoms with Crippen LogP contribution in [-0.2, 0) is 6.54 Å². The van der Waals surface area contributed by atoms with E-state index in [1.54, 1.807) is 14.0 Å². The number of nitrogens with one attached hydrogen (secondary N) is 2. The number of hydrogen-bond acceptors (Lipinski definition) is 3. The summed E-state index contributed by atoms with van der Waals surface area (Å²) in [5.41, 5.74) is 3.21. The van der Waals surface area contributed by atoms with Crippen molar-refractivity contribution in [3.8, 4) is 5.75 Å². The summed E-state index contributed by atoms with van der Waals surface area (Å²) in [5.74, 6) is 0.583. The van der Waals surface area contributed by atoms with E-state index in [-0.39, 0.29) is 5.91 Å². The van der Waals surface area contributed by atoms with Gasteiger partial charge < -0.3 is 20.1 Å². The second kappa shape index (κ2) is 6.76. The van der Waals surface area contributed by atoms with Gasteiger partial charge in [0.15, 0.2) is 0 Å². The number of aromatic nitrogens is 1. The van der Waals surface area contributed by atoms with Crippen LogP contribution in [0.25, 0.3) is 10.9 Å². The van der Waals surface area contributed by atoms with E-state index in [0.717, 1.165) is 27.8 Å². The van der Waals surface area contributed by atoms with Gasteiger partial charge in [0.05, 0.1) is 13.2 Å². The number of carbonyl (C=O) groups excluding carboxylic acids is 1. The van der Waals surface area contributed by atoms with Gasteiger partial charge in [-0.25, -0.2) is 0 Å². The molecule has 0 spiro atoms. The molecule has 2 aromatic carbocycles. The fourth-order valence-electron chi connectivity index (χ4n) is 2.55. The molecule has 1 amide bonds. The summed E-state index contributed by atoms with van der Waals surface area (Å²) in [5, 5.41) is 13.4. The van der Waals surface area contributed by atoms with Gasteiger partial charge in [-0.05, 0) is 36.2 Å². The van der Waals surface area contributed by atoms with Crippen LogP contribution in [0.15, 0.2) is 48.5 Å². The average molecular weight is 324 g/mol. The normalized spacial score (nSPS) is 12.1. The number of benzene rings is 2. The first-order valence-electron chi connectivity index (χ1n) is 7.78. The molecule has 124 valence electrons. The lowest BCUT2D eigenvalue weighted by Gasteiger charge is -2.07. The molecule has 0 aliphatic heterocycles. The molecule has 0 saturated carbocycles. The van der Waals surface area contributed by atoms with Gasteiger partial charge in [-0.1, -0.05) is 24.3 Å². The van der Waals surface area contributed by atoms with Gasteiger partial charge in [-0.2, -0.15) is 0 Å². The van der Waals surface area contributed by atoms with Crippen LogP contribution in [0.3, 0.4) is 0 Å². The number of fused-ring (bicyclic) bond motifs is 1. The Balaban J connectivity index is 1.68. The fraction of sp³-hybridized carbons (Fsp3) is 0.211. The van der Waals surface area contributed by atoms with E-state index in [9.17, 15) is 9.90 Å². The first-order chi connectivity index (χ1) is 11.6. The van der Waals surface area contributed by atoms with Crippen LogP contribution in [0.5, 0.6) is 5.75 Å². The molecule has 0 bridgehead atoms. The molecule has 3 N–H and O–H groups in total. The molecule has 0 aliphatic carbocycles. The van der Waals surface area contributed by atoms with Crippen molar-refractivity contribution in [3.63, 3.8) is 0 Å². The minimum Gasteiger partial charge on any atom is -0.497 e. The lowest BCUT2D eigenvalue weighted by atomic mass is 10.1. The van der Waals surface area contributed by atoms with E-state index in [1.807, 2.05) is 48.5 Å². The highest BCUT2D eigenvalue weighted by Crippen LogP contribution is 2.21. The summed E-state index contributed by atoms with van der Waals surface area (Å²) >= 11 is 0. The molecule has 0 fully saturated rings. The Hall–Kier alpha value is -2.79. The number of amides is 1. The Bertz CT molecular complexity index is 851. The van der Waals surface area contributed by atoms with Crippen molar-refractivity contribution >= 4 is 16.8 Å². The molecule has 24 heavy (non-hydrogen) atoms. The minimum absolute atomic E-state index is 0.162. The molecule has 0 unspecified atom stereocenters. The number of ether oxygens (including phenoxy) is 1. The Labute approximate surface area is 140 Å². The second-order valence-corrected chi connectivity index (χ2v) is 5.74. The predicted octanol–water partition coefficient (Wildman–Crippen LogP) is 3.16. The van der Waals surface area contributed by atoms with E-state index in [0.29, 0.717) is 12.2 Å². The predicted molar refractivity (Wildman–Crippen MR) is 93.1 cm³/mol. The van der Waals surface area contributed by atoms with Crippen molar-refractivity contribution in [1.82, 2.24) is 10.3 Å². The summed E-state index contributed by atoms with van der Waals surface area (Å²) in [7, 11) is 1.61. The Kier molecular flexibility index (Phi) is 4.53. The van der Waals surface area contributed by atoms with Crippen molar-refractivity contribution in [2.24, 2.45) is 0 Å². The topological polar surface area (TPSA) is 74.3 Å². The molecular weight excluding hydrogens is 304 g/mol. The van der Waals surface area contributed by atoms with E-state index in [4.69, 9.17) is 4.74 Å². The van der Waals surface area contributed by atoms with Gasteiger partial charge in [-0.15, -0.1) is 0 Å². The minimum atomic E-state index is -0.489. The third-order valence-electron chi connectivity index (χ3n) is 3.99. The average Bonchev–Trinajstić information content (AvgIpc) is 3.03. The number of H-pyrrole nitrogens is 1. The van der Waals surface area contributed by atoms with Crippen LogP contribution >= 0.6 is 0 Å². The van der Waals surface area contributed by atoms with Crippen molar-refractivity contribution in [2.45, 2.75) is 19.6 Å². The number of carbonyl (C=O) groups is 1. The zero-order valence-corrected chi connectivity index (χ0v) is 13.7. The fourth-order valence-corrected chi connectivity index (χ4v) is 2.55. The molecule has 1 aromatic heterocycles. The zero-order chi connectivity index (χ0) is 17.1. The van der Waals surface area contributed by atoms with E-state index >= 15 is 0 Å². The number of rotatable bonds is 5. The standard InChI is InChI=1S/C19H20N2O3/c1-12(22)14-5-3-13(4-6-14)11-20-19(23)18-9-15-7-8-16(24-2)10-17(15)21-18/h3-10,12,21-22H,11H2,1-2H3,(H,20,23)/t12-/m1/s1. The van der Waals surface area contributed by atoms with Gasteiger partial charge >= 0.3 is 0 Å². The first-order valence-corrected chi connectivity index (χ1v) is 7.78. The molecule has 1 heterocycles. The van der Waals surface area contributed by atoms with Gasteiger partial charge in [0.25, 0.3) is 5.91 Å². The van der Waals surface area contributed by atoms with E-state index in [2.05, 4.69) is 10.3 Å². The monoisotopic (exact) mass is 324 g/mol. The van der Waals surface area contributed by atoms with E-state index in [1.165, 1.54) is 0 Å². The number of aliphatic hydroxyl groups excluding tert-OH is 1. The quantitative estimate of drug-likeness (QED) is 0.675. The molecule has 5 nitrogen and oxygen atoms in total. The molecule has 0 aliphatic rings. The first kappa shape index (κ1) is 16.1. The maximum Gasteiger partial charge on any atom is 0.267 e. The van der Waals surface area contributed by atoms with Crippen molar-refractivity contribution in [1.29, 1.82) is 0 Å². The highest BCUT2D eigenvalue weighted by atomic mass is 16.5. The highest BCUT2D eigenvalue weighted by Gasteiger charge is 2.10. The summed E-state index contributed by atoms with van der Waals surface area (Å²) < 4.78 is 5.19. The lowest BCUT2D eigenvalue weighted by Crippen LogP contribution is -2.23. The third kappa shape index (κ3) is 3.41. The third-order valence-corrected chi connectivity index (χ3v) is 3.99. The van der Waals surface area contributed by atoms with Crippen LogP contribution in [0.2, 0.25) is 0 Å². The molecule has 5 heteroatoms. The maximum atomic E-state index is 12.3. The number of aromatic amines is 1. The molecular formula is C19H20N2O3. The van der Waals surface area contributed by atoms with E-state index < -0.39 is 6.10 Å². The van der Waals surface area contributed by atoms with Gasteiger partial charge in [0.1, 0.15) is 11.4 Å². The smallest absolute Gasteiger partial charge is 0.267 e. The second-order valence-electron chi connectivity index (χ2n) is 5.74. The lowest BCUT2D eigenvalue weighted by molar-refractivity contribution is 0.0946. The summed E-state index contributed by atoms with van der Waals surface area (Å²) in [6.07, 6.45) is -0.489. The Morgan fingerprint density at radius 2 is 1.96 bits per heavy atom. The van der Waals surface area contributed by atoms with Gasteiger partial charge in [-0.3, -0.25) is 4.79 Å². The van der Waals surface area contributed by atoms with Crippen LogP contribution < -0.4 is 10.1 Å². The van der Waals surface area contributed by atoms with Gasteiger partial charge in [0, 0.05) is 23.5 Å². The number of aliphatic hydroxyl groups is 1. The van der Waals surface area contributed by atoms with Crippen LogP contribution in [-0.4, -0.2) is 23.1 Å². The van der Waals surface area contributed by atoms with Crippen LogP contribution in [0.1, 0.15) is 34.6 Å². The Morgan fingerprint density at radius 3 is 2.62 bits per heavy atom. The van der Waals surface area contributed by atoms with Crippen molar-refractivity contribution in [2.75, 3.05) is 7.11 Å². The molecule has 3 rings (SSSR count). The highest BCUT2D eigenvalue weighted by molar-refractivity contribution is 5.98. The Morgan fingerprint density at radius 1 is 1.21 bits per heavy atom. The van der Waals surface area contributed by atoms with Crippen LogP contribution in [0.4, 0.5) is 0 Å². The largest absolute Gasteiger partial charge is 0.497 e. The maximum absolute atomic E-state index is 12.3. The molecule has 0 radical (unpaired) electrons. The summed E-state index contributed by atoms with van der Waals surface area (Å²) in [6.45, 7) is 2.15. The van der Waals surface area contributed by atoms with Crippen molar-refractivity contribution in [3.05, 3.63) is 65.4 Å². The number of methoxy groups -OCH3 is 1. The molecule has 3 aromatic rings. The summed E-state index contributed by atoms with van der Waals surface area (Å²) in [6, 6.07) is 15.0. The van der Waals surface area contributed by atoms with Crippen molar-refractivity contribution < 1.29 is 14.6 Å².